The highest BCUT2D eigenvalue weighted by Gasteiger charge is 2.32. The Morgan fingerprint density at radius 1 is 0.905 bits per heavy atom. The van der Waals surface area contributed by atoms with Crippen molar-refractivity contribution in [2.75, 3.05) is 51.5 Å². The molecule has 2 aromatic carbocycles. The third-order valence-corrected chi connectivity index (χ3v) is 9.15. The van der Waals surface area contributed by atoms with Crippen LogP contribution >= 0.6 is 12.4 Å². The minimum atomic E-state index is -0.131. The Bertz CT molecular complexity index is 1550. The van der Waals surface area contributed by atoms with Gasteiger partial charge >= 0.3 is 5.69 Å². The number of para-hydroxylation sites is 1. The van der Waals surface area contributed by atoms with Crippen molar-refractivity contribution < 1.29 is 4.74 Å². The second-order valence-electron chi connectivity index (χ2n) is 11.7. The molecule has 0 radical (unpaired) electrons. The van der Waals surface area contributed by atoms with Crippen LogP contribution in [0, 0.1) is 5.92 Å². The number of imidazole rings is 1. The fraction of sp³-hybridized carbons (Fsp3) is 0.452. The van der Waals surface area contributed by atoms with Crippen LogP contribution in [-0.4, -0.2) is 80.8 Å². The minimum Gasteiger partial charge on any atom is -0.457 e. The number of nitrogens with zero attached hydrogens (tertiary/aromatic N) is 6. The zero-order valence-electron chi connectivity index (χ0n) is 23.8. The van der Waals surface area contributed by atoms with Crippen LogP contribution in [0.4, 0.5) is 5.82 Å². The SMILES string of the molecule is Cl.Nc1ncnc2c1n(-c1ccc(Oc3ccccc3)cc1)c(=O)n2C1CCN(CCC2CCN(C3CNC3)CC2)C1. The maximum atomic E-state index is 14.0. The summed E-state index contributed by atoms with van der Waals surface area (Å²) in [5, 5.41) is 3.39. The van der Waals surface area contributed by atoms with E-state index >= 15 is 0 Å². The summed E-state index contributed by atoms with van der Waals surface area (Å²) in [6.45, 7) is 7.69. The van der Waals surface area contributed by atoms with E-state index in [0.717, 1.165) is 56.9 Å². The number of rotatable bonds is 8. The number of likely N-dealkylation sites (tertiary alicyclic amines) is 2. The molecule has 1 unspecified atom stereocenters. The highest BCUT2D eigenvalue weighted by atomic mass is 35.5. The van der Waals surface area contributed by atoms with Gasteiger partial charge in [-0.05, 0) is 87.6 Å². The second kappa shape index (κ2) is 12.4. The fourth-order valence-corrected chi connectivity index (χ4v) is 6.65. The lowest BCUT2D eigenvalue weighted by molar-refractivity contribution is 0.0934. The lowest BCUT2D eigenvalue weighted by Gasteiger charge is -2.42. The number of nitrogens with one attached hydrogen (secondary N) is 1. The van der Waals surface area contributed by atoms with E-state index in [1.54, 1.807) is 4.57 Å². The average molecular weight is 591 g/mol. The summed E-state index contributed by atoms with van der Waals surface area (Å²) in [5.74, 6) is 2.55. The number of hydrogen-bond donors (Lipinski definition) is 2. The zero-order chi connectivity index (χ0) is 27.8. The van der Waals surface area contributed by atoms with Crippen LogP contribution in [0.1, 0.15) is 31.7 Å². The molecule has 4 aromatic rings. The van der Waals surface area contributed by atoms with Gasteiger partial charge in [-0.15, -0.1) is 12.4 Å². The summed E-state index contributed by atoms with van der Waals surface area (Å²) >= 11 is 0. The molecule has 0 bridgehead atoms. The standard InChI is InChI=1S/C31H38N8O2.ClH/c32-29-28-30(35-21-34-29)39(31(40)38(28)23-6-8-27(9-7-23)41-26-4-2-1-3-5-26)24-13-15-36(20-24)14-10-22-11-16-37(17-12-22)25-18-33-19-25;/h1-9,21-22,24-25,33H,10-20H2,(H2,32,34,35);1H. The highest BCUT2D eigenvalue weighted by Crippen LogP contribution is 2.30. The van der Waals surface area contributed by atoms with Crippen molar-refractivity contribution in [3.05, 3.63) is 71.4 Å². The first-order valence-corrected chi connectivity index (χ1v) is 14.9. The van der Waals surface area contributed by atoms with Crippen LogP contribution in [-0.2, 0) is 0 Å². The maximum Gasteiger partial charge on any atom is 0.335 e. The largest absolute Gasteiger partial charge is 0.457 e. The van der Waals surface area contributed by atoms with Gasteiger partial charge < -0.3 is 20.7 Å². The molecule has 10 nitrogen and oxygen atoms in total. The highest BCUT2D eigenvalue weighted by molar-refractivity contribution is 5.85. The number of nitrogens with two attached hydrogens (primary N) is 1. The molecule has 0 amide bonds. The number of aromatic nitrogens is 4. The summed E-state index contributed by atoms with van der Waals surface area (Å²) in [7, 11) is 0. The Kier molecular flexibility index (Phi) is 8.48. The van der Waals surface area contributed by atoms with Gasteiger partial charge in [0.05, 0.1) is 11.7 Å². The van der Waals surface area contributed by atoms with Gasteiger partial charge in [-0.2, -0.15) is 0 Å². The van der Waals surface area contributed by atoms with Gasteiger partial charge in [0, 0.05) is 32.2 Å². The van der Waals surface area contributed by atoms with E-state index in [0.29, 0.717) is 28.4 Å². The molecule has 3 fully saturated rings. The van der Waals surface area contributed by atoms with Crippen LogP contribution in [0.2, 0.25) is 0 Å². The molecule has 11 heteroatoms. The Morgan fingerprint density at radius 2 is 1.64 bits per heavy atom. The first-order chi connectivity index (χ1) is 20.1. The molecule has 3 aliphatic heterocycles. The lowest BCUT2D eigenvalue weighted by Crippen LogP contribution is -2.58. The molecule has 0 aliphatic carbocycles. The monoisotopic (exact) mass is 590 g/mol. The molecule has 0 saturated carbocycles. The fourth-order valence-electron chi connectivity index (χ4n) is 6.65. The van der Waals surface area contributed by atoms with Gasteiger partial charge in [-0.1, -0.05) is 18.2 Å². The molecular formula is C31H39ClN8O2. The van der Waals surface area contributed by atoms with E-state index in [1.807, 2.05) is 59.2 Å². The maximum absolute atomic E-state index is 14.0. The zero-order valence-corrected chi connectivity index (χ0v) is 24.6. The van der Waals surface area contributed by atoms with Crippen LogP contribution in [0.5, 0.6) is 11.5 Å². The molecule has 42 heavy (non-hydrogen) atoms. The summed E-state index contributed by atoms with van der Waals surface area (Å²) in [5.41, 5.74) is 8.07. The third-order valence-electron chi connectivity index (χ3n) is 9.15. The Morgan fingerprint density at radius 3 is 2.36 bits per heavy atom. The van der Waals surface area contributed by atoms with E-state index in [2.05, 4.69) is 25.1 Å². The molecule has 0 spiro atoms. The molecule has 1 atom stereocenters. The first kappa shape index (κ1) is 28.7. The number of nitrogen functional groups attached to an aromatic ring is 1. The quantitative estimate of drug-likeness (QED) is 0.320. The normalized spacial score (nSPS) is 20.4. The van der Waals surface area contributed by atoms with Crippen molar-refractivity contribution in [3.8, 4) is 17.2 Å². The van der Waals surface area contributed by atoms with Gasteiger partial charge in [0.1, 0.15) is 23.3 Å². The van der Waals surface area contributed by atoms with Crippen molar-refractivity contribution in [2.45, 2.75) is 37.8 Å². The van der Waals surface area contributed by atoms with E-state index in [1.165, 1.54) is 38.7 Å². The van der Waals surface area contributed by atoms with Crippen molar-refractivity contribution >= 4 is 29.4 Å². The van der Waals surface area contributed by atoms with Crippen LogP contribution in [0.3, 0.4) is 0 Å². The Labute approximate surface area is 251 Å². The molecule has 3 saturated heterocycles. The smallest absolute Gasteiger partial charge is 0.335 e. The predicted octanol–water partition coefficient (Wildman–Crippen LogP) is 3.70. The van der Waals surface area contributed by atoms with Crippen LogP contribution in [0.25, 0.3) is 16.9 Å². The van der Waals surface area contributed by atoms with Gasteiger partial charge in [-0.3, -0.25) is 14.0 Å². The topological polar surface area (TPSA) is 106 Å². The number of hydrogen-bond acceptors (Lipinski definition) is 8. The number of piperidine rings is 1. The number of anilines is 1. The van der Waals surface area contributed by atoms with Gasteiger partial charge in [-0.25, -0.2) is 14.8 Å². The van der Waals surface area contributed by atoms with Gasteiger partial charge in [0.25, 0.3) is 0 Å². The number of halogens is 1. The Balaban J connectivity index is 0.00000316. The van der Waals surface area contributed by atoms with Gasteiger partial charge in [0.15, 0.2) is 11.5 Å². The minimum absolute atomic E-state index is 0. The molecule has 222 valence electrons. The molecule has 3 N–H and O–H groups in total. The number of fused-ring (bicyclic) bond motifs is 1. The third kappa shape index (κ3) is 5.64. The van der Waals surface area contributed by atoms with Crippen molar-refractivity contribution in [2.24, 2.45) is 5.92 Å². The van der Waals surface area contributed by atoms with Crippen molar-refractivity contribution in [1.82, 2.24) is 34.2 Å². The summed E-state index contributed by atoms with van der Waals surface area (Å²) in [6.07, 6.45) is 6.19. The summed E-state index contributed by atoms with van der Waals surface area (Å²) in [4.78, 5) is 27.9. The molecule has 3 aliphatic rings. The molecule has 5 heterocycles. The van der Waals surface area contributed by atoms with Crippen LogP contribution in [0.15, 0.2) is 65.7 Å². The lowest BCUT2D eigenvalue weighted by atomic mass is 9.92. The van der Waals surface area contributed by atoms with E-state index in [9.17, 15) is 4.79 Å². The Hall–Kier alpha value is -3.44. The molecule has 7 rings (SSSR count). The number of ether oxygens (including phenoxy) is 1. The second-order valence-corrected chi connectivity index (χ2v) is 11.7. The number of benzene rings is 2. The van der Waals surface area contributed by atoms with Crippen molar-refractivity contribution in [1.29, 1.82) is 0 Å². The van der Waals surface area contributed by atoms with E-state index in [-0.39, 0.29) is 24.1 Å². The molecule has 2 aromatic heterocycles. The summed E-state index contributed by atoms with van der Waals surface area (Å²) < 4.78 is 9.43. The van der Waals surface area contributed by atoms with Crippen molar-refractivity contribution in [3.63, 3.8) is 0 Å². The van der Waals surface area contributed by atoms with Gasteiger partial charge in [0.2, 0.25) is 0 Å². The van der Waals surface area contributed by atoms with E-state index < -0.39 is 0 Å². The predicted molar refractivity (Wildman–Crippen MR) is 167 cm³/mol. The average Bonchev–Trinajstić information content (AvgIpc) is 3.55. The molecular weight excluding hydrogens is 552 g/mol. The summed E-state index contributed by atoms with van der Waals surface area (Å²) in [6, 6.07) is 17.9. The van der Waals surface area contributed by atoms with E-state index in [4.69, 9.17) is 10.5 Å². The van der Waals surface area contributed by atoms with Crippen LogP contribution < -0.4 is 21.5 Å². The first-order valence-electron chi connectivity index (χ1n) is 14.9.